The van der Waals surface area contributed by atoms with Gasteiger partial charge in [-0.05, 0) is 50.2 Å². The Kier molecular flexibility index (Phi) is 4.23. The summed E-state index contributed by atoms with van der Waals surface area (Å²) in [4.78, 5) is 2.69. The third-order valence-electron chi connectivity index (χ3n) is 4.60. The molecule has 1 heteroatoms. The number of nitrogens with zero attached hydrogens (tertiary/aromatic N) is 1. The van der Waals surface area contributed by atoms with Crippen LogP contribution in [0.2, 0.25) is 0 Å². The fraction of sp³-hybridized carbons (Fsp3) is 0.667. The van der Waals surface area contributed by atoms with Gasteiger partial charge >= 0.3 is 0 Å². The summed E-state index contributed by atoms with van der Waals surface area (Å²) >= 11 is 0. The molecule has 0 N–H and O–H groups in total. The Bertz CT molecular complexity index is 433. The summed E-state index contributed by atoms with van der Waals surface area (Å²) in [6.07, 6.45) is 4.95. The van der Waals surface area contributed by atoms with E-state index in [0.29, 0.717) is 5.92 Å². The summed E-state index contributed by atoms with van der Waals surface area (Å²) in [6, 6.07) is 6.89. The van der Waals surface area contributed by atoms with E-state index < -0.39 is 0 Å². The predicted molar refractivity (Wildman–Crippen MR) is 85.2 cm³/mol. The molecule has 1 atom stereocenters. The number of unbranched alkanes of at least 4 members (excludes halogenated alkanes) is 1. The topological polar surface area (TPSA) is 3.24 Å². The molecule has 0 fully saturated rings. The van der Waals surface area contributed by atoms with E-state index in [0.717, 1.165) is 6.42 Å². The molecule has 0 spiro atoms. The van der Waals surface area contributed by atoms with Gasteiger partial charge in [-0.25, -0.2) is 0 Å². The Hall–Kier alpha value is -0.980. The minimum Gasteiger partial charge on any atom is -0.366 e. The number of hydrogen-bond acceptors (Lipinski definition) is 1. The van der Waals surface area contributed by atoms with Crippen LogP contribution in [0.25, 0.3) is 0 Å². The fourth-order valence-electron chi connectivity index (χ4n) is 3.63. The van der Waals surface area contributed by atoms with Crippen molar-refractivity contribution in [2.75, 3.05) is 11.4 Å². The van der Waals surface area contributed by atoms with Crippen molar-refractivity contribution in [1.82, 2.24) is 0 Å². The molecule has 0 aliphatic carbocycles. The van der Waals surface area contributed by atoms with E-state index in [1.54, 1.807) is 11.3 Å². The molecule has 1 unspecified atom stereocenters. The fourth-order valence-corrected chi connectivity index (χ4v) is 3.63. The highest BCUT2D eigenvalue weighted by Crippen LogP contribution is 2.45. The van der Waals surface area contributed by atoms with Crippen molar-refractivity contribution in [3.05, 3.63) is 29.3 Å². The molecule has 0 bridgehead atoms. The van der Waals surface area contributed by atoms with Gasteiger partial charge in [-0.3, -0.25) is 0 Å². The van der Waals surface area contributed by atoms with E-state index in [1.807, 2.05) is 0 Å². The van der Waals surface area contributed by atoms with Crippen LogP contribution in [0.3, 0.4) is 0 Å². The lowest BCUT2D eigenvalue weighted by Crippen LogP contribution is -2.49. The van der Waals surface area contributed by atoms with Crippen molar-refractivity contribution in [3.8, 4) is 0 Å². The maximum absolute atomic E-state index is 2.69. The lowest BCUT2D eigenvalue weighted by molar-refractivity contribution is 0.373. The summed E-state index contributed by atoms with van der Waals surface area (Å²) in [5.41, 5.74) is 4.91. The summed E-state index contributed by atoms with van der Waals surface area (Å²) < 4.78 is 0. The minimum absolute atomic E-state index is 0.285. The summed E-state index contributed by atoms with van der Waals surface area (Å²) in [5, 5.41) is 0. The van der Waals surface area contributed by atoms with E-state index in [1.165, 1.54) is 31.4 Å². The van der Waals surface area contributed by atoms with Crippen molar-refractivity contribution in [2.24, 2.45) is 0 Å². The van der Waals surface area contributed by atoms with Crippen LogP contribution in [0.4, 0.5) is 5.69 Å². The number of rotatable bonds is 4. The predicted octanol–water partition coefficient (Wildman–Crippen LogP) is 5.14. The second-order valence-electron chi connectivity index (χ2n) is 6.63. The first-order valence-electron chi connectivity index (χ1n) is 7.90. The SMILES string of the molecule is CCCCN1c2c(CC)cccc2C(C)CC1(C)C. The molecule has 0 amide bonds. The van der Waals surface area contributed by atoms with Gasteiger partial charge in [0, 0.05) is 17.8 Å². The lowest BCUT2D eigenvalue weighted by atomic mass is 9.78. The van der Waals surface area contributed by atoms with E-state index in [-0.39, 0.29) is 5.54 Å². The third kappa shape index (κ3) is 2.66. The van der Waals surface area contributed by atoms with Gasteiger partial charge in [0.15, 0.2) is 0 Å². The van der Waals surface area contributed by atoms with Crippen molar-refractivity contribution in [2.45, 2.75) is 71.8 Å². The molecule has 0 saturated heterocycles. The largest absolute Gasteiger partial charge is 0.366 e. The van der Waals surface area contributed by atoms with Crippen molar-refractivity contribution < 1.29 is 0 Å². The van der Waals surface area contributed by atoms with Crippen LogP contribution < -0.4 is 4.90 Å². The first kappa shape index (κ1) is 14.4. The zero-order valence-electron chi connectivity index (χ0n) is 13.3. The van der Waals surface area contributed by atoms with Gasteiger partial charge in [0.05, 0.1) is 0 Å². The Morgan fingerprint density at radius 2 is 2.00 bits per heavy atom. The molecular weight excluding hydrogens is 230 g/mol. The molecule has 1 aromatic rings. The monoisotopic (exact) mass is 259 g/mol. The Balaban J connectivity index is 2.49. The number of aryl methyl sites for hydroxylation is 1. The molecule has 1 nitrogen and oxygen atoms in total. The first-order valence-corrected chi connectivity index (χ1v) is 7.90. The maximum atomic E-state index is 2.69. The number of anilines is 1. The summed E-state index contributed by atoms with van der Waals surface area (Å²) in [5.74, 6) is 0.675. The van der Waals surface area contributed by atoms with Crippen molar-refractivity contribution in [1.29, 1.82) is 0 Å². The average molecular weight is 259 g/mol. The molecule has 1 aliphatic rings. The summed E-state index contributed by atoms with van der Waals surface area (Å²) in [6.45, 7) is 13.0. The molecule has 1 aliphatic heterocycles. The van der Waals surface area contributed by atoms with E-state index in [2.05, 4.69) is 57.7 Å². The van der Waals surface area contributed by atoms with Gasteiger partial charge in [0.2, 0.25) is 0 Å². The van der Waals surface area contributed by atoms with Crippen LogP contribution in [-0.2, 0) is 6.42 Å². The molecule has 0 aromatic heterocycles. The second-order valence-corrected chi connectivity index (χ2v) is 6.63. The van der Waals surface area contributed by atoms with Crippen LogP contribution in [0.1, 0.15) is 70.9 Å². The Morgan fingerprint density at radius 1 is 1.26 bits per heavy atom. The van der Waals surface area contributed by atoms with Crippen LogP contribution in [0.5, 0.6) is 0 Å². The number of hydrogen-bond donors (Lipinski definition) is 0. The highest BCUT2D eigenvalue weighted by atomic mass is 15.2. The molecular formula is C18H29N. The van der Waals surface area contributed by atoms with E-state index >= 15 is 0 Å². The van der Waals surface area contributed by atoms with Gasteiger partial charge in [0.25, 0.3) is 0 Å². The van der Waals surface area contributed by atoms with E-state index in [4.69, 9.17) is 0 Å². The number of benzene rings is 1. The maximum Gasteiger partial charge on any atom is 0.0438 e. The zero-order valence-corrected chi connectivity index (χ0v) is 13.3. The van der Waals surface area contributed by atoms with E-state index in [9.17, 15) is 0 Å². The van der Waals surface area contributed by atoms with Crippen LogP contribution in [-0.4, -0.2) is 12.1 Å². The van der Waals surface area contributed by atoms with Gasteiger partial charge in [-0.15, -0.1) is 0 Å². The standard InChI is InChI=1S/C18H29N/c1-6-8-12-19-17-15(7-2)10-9-11-16(17)14(3)13-18(19,4)5/h9-11,14H,6-8,12-13H2,1-5H3. The Morgan fingerprint density at radius 3 is 2.63 bits per heavy atom. The van der Waals surface area contributed by atoms with Crippen molar-refractivity contribution >= 4 is 5.69 Å². The quantitative estimate of drug-likeness (QED) is 0.723. The highest BCUT2D eigenvalue weighted by Gasteiger charge is 2.36. The van der Waals surface area contributed by atoms with Gasteiger partial charge in [0.1, 0.15) is 0 Å². The first-order chi connectivity index (χ1) is 9.01. The lowest BCUT2D eigenvalue weighted by Gasteiger charge is -2.48. The smallest absolute Gasteiger partial charge is 0.0438 e. The highest BCUT2D eigenvalue weighted by molar-refractivity contribution is 5.64. The molecule has 1 heterocycles. The van der Waals surface area contributed by atoms with Crippen LogP contribution >= 0.6 is 0 Å². The molecule has 0 saturated carbocycles. The van der Waals surface area contributed by atoms with Crippen LogP contribution in [0.15, 0.2) is 18.2 Å². The van der Waals surface area contributed by atoms with Crippen LogP contribution in [0, 0.1) is 0 Å². The normalized spacial score (nSPS) is 21.3. The van der Waals surface area contributed by atoms with Crippen molar-refractivity contribution in [3.63, 3.8) is 0 Å². The van der Waals surface area contributed by atoms with Gasteiger partial charge in [-0.1, -0.05) is 45.4 Å². The molecule has 1 aromatic carbocycles. The summed E-state index contributed by atoms with van der Waals surface area (Å²) in [7, 11) is 0. The average Bonchev–Trinajstić information content (AvgIpc) is 2.37. The van der Waals surface area contributed by atoms with Gasteiger partial charge in [-0.2, -0.15) is 0 Å². The zero-order chi connectivity index (χ0) is 14.0. The number of para-hydroxylation sites is 1. The molecule has 0 radical (unpaired) electrons. The minimum atomic E-state index is 0.285. The Labute approximate surface area is 119 Å². The molecule has 2 rings (SSSR count). The third-order valence-corrected chi connectivity index (χ3v) is 4.60. The number of fused-ring (bicyclic) bond motifs is 1. The van der Waals surface area contributed by atoms with Gasteiger partial charge < -0.3 is 4.90 Å². The second kappa shape index (κ2) is 5.56. The molecule has 106 valence electrons. The molecule has 19 heavy (non-hydrogen) atoms.